The number of methoxy groups -OCH3 is 1. The van der Waals surface area contributed by atoms with Crippen LogP contribution in [0.25, 0.3) is 0 Å². The Hall–Kier alpha value is -1.26. The summed E-state index contributed by atoms with van der Waals surface area (Å²) in [6, 6.07) is 1.65. The highest BCUT2D eigenvalue weighted by Gasteiger charge is 2.22. The fourth-order valence-electron chi connectivity index (χ4n) is 2.45. The smallest absolute Gasteiger partial charge is 0.342 e. The molecule has 21 heavy (non-hydrogen) atoms. The standard InChI is InChI=1S/C16H23ClO4/c1-4-11-10-14(18)15(16(19)21-9-8-20-3)12(5-2)13(11)6-7-17/h10,18H,4-9H2,1-3H3. The van der Waals surface area contributed by atoms with Gasteiger partial charge in [0.25, 0.3) is 0 Å². The number of phenolic OH excluding ortho intramolecular Hbond substituents is 1. The maximum atomic E-state index is 12.2. The Kier molecular flexibility index (Phi) is 7.54. The van der Waals surface area contributed by atoms with Crippen molar-refractivity contribution in [2.24, 2.45) is 0 Å². The van der Waals surface area contributed by atoms with Gasteiger partial charge < -0.3 is 14.6 Å². The quantitative estimate of drug-likeness (QED) is 0.455. The molecule has 0 spiro atoms. The Bertz CT molecular complexity index is 486. The fraction of sp³-hybridized carbons (Fsp3) is 0.562. The van der Waals surface area contributed by atoms with Crippen LogP contribution in [0.4, 0.5) is 0 Å². The SMILES string of the molecule is CCc1cc(O)c(C(=O)OCCOC)c(CC)c1CCCl. The molecule has 0 heterocycles. The second-order valence-corrected chi connectivity index (χ2v) is 5.04. The van der Waals surface area contributed by atoms with Gasteiger partial charge in [-0.2, -0.15) is 0 Å². The van der Waals surface area contributed by atoms with Crippen molar-refractivity contribution in [2.75, 3.05) is 26.2 Å². The highest BCUT2D eigenvalue weighted by Crippen LogP contribution is 2.30. The third kappa shape index (κ3) is 4.35. The third-order valence-electron chi connectivity index (χ3n) is 3.42. The van der Waals surface area contributed by atoms with Crippen molar-refractivity contribution in [1.82, 2.24) is 0 Å². The molecule has 0 fully saturated rings. The summed E-state index contributed by atoms with van der Waals surface area (Å²) in [6.07, 6.45) is 2.10. The average molecular weight is 315 g/mol. The van der Waals surface area contributed by atoms with E-state index < -0.39 is 5.97 Å². The number of benzene rings is 1. The number of hydrogen-bond acceptors (Lipinski definition) is 4. The van der Waals surface area contributed by atoms with E-state index in [1.54, 1.807) is 6.07 Å². The number of carbonyl (C=O) groups is 1. The summed E-state index contributed by atoms with van der Waals surface area (Å²) in [5.41, 5.74) is 3.16. The minimum absolute atomic E-state index is 0.0237. The predicted molar refractivity (Wildman–Crippen MR) is 83.4 cm³/mol. The number of alkyl halides is 1. The van der Waals surface area contributed by atoms with E-state index in [1.165, 1.54) is 7.11 Å². The Morgan fingerprint density at radius 1 is 1.24 bits per heavy atom. The minimum Gasteiger partial charge on any atom is -0.507 e. The highest BCUT2D eigenvalue weighted by atomic mass is 35.5. The summed E-state index contributed by atoms with van der Waals surface area (Å²) >= 11 is 5.87. The second-order valence-electron chi connectivity index (χ2n) is 4.66. The lowest BCUT2D eigenvalue weighted by Crippen LogP contribution is -2.15. The molecule has 1 aromatic rings. The molecule has 1 rings (SSSR count). The lowest BCUT2D eigenvalue weighted by atomic mass is 9.90. The Morgan fingerprint density at radius 2 is 1.95 bits per heavy atom. The number of aromatic hydroxyl groups is 1. The largest absolute Gasteiger partial charge is 0.507 e. The summed E-state index contributed by atoms with van der Waals surface area (Å²) in [4.78, 5) is 12.2. The molecule has 0 aliphatic carbocycles. The van der Waals surface area contributed by atoms with Gasteiger partial charge in [0.05, 0.1) is 6.61 Å². The van der Waals surface area contributed by atoms with E-state index in [0.717, 1.165) is 23.1 Å². The molecule has 0 radical (unpaired) electrons. The van der Waals surface area contributed by atoms with Crippen molar-refractivity contribution < 1.29 is 19.4 Å². The van der Waals surface area contributed by atoms with Gasteiger partial charge in [-0.15, -0.1) is 11.6 Å². The van der Waals surface area contributed by atoms with Crippen molar-refractivity contribution in [1.29, 1.82) is 0 Å². The topological polar surface area (TPSA) is 55.8 Å². The van der Waals surface area contributed by atoms with Gasteiger partial charge in [-0.25, -0.2) is 4.79 Å². The Labute approximate surface area is 131 Å². The molecule has 1 N–H and O–H groups in total. The van der Waals surface area contributed by atoms with Crippen LogP contribution in [-0.4, -0.2) is 37.3 Å². The first kappa shape index (κ1) is 17.8. The van der Waals surface area contributed by atoms with Crippen molar-refractivity contribution in [2.45, 2.75) is 33.1 Å². The molecule has 0 unspecified atom stereocenters. The van der Waals surface area contributed by atoms with Gasteiger partial charge in [0.1, 0.15) is 17.9 Å². The molecule has 0 atom stereocenters. The first-order valence-electron chi connectivity index (χ1n) is 7.19. The number of phenols is 1. The van der Waals surface area contributed by atoms with Crippen LogP contribution in [0.2, 0.25) is 0 Å². The van der Waals surface area contributed by atoms with Gasteiger partial charge in [0.15, 0.2) is 0 Å². The number of halogens is 1. The van der Waals surface area contributed by atoms with Gasteiger partial charge in [0, 0.05) is 13.0 Å². The summed E-state index contributed by atoms with van der Waals surface area (Å²) in [5, 5.41) is 10.2. The number of hydrogen-bond donors (Lipinski definition) is 1. The monoisotopic (exact) mass is 314 g/mol. The zero-order valence-electron chi connectivity index (χ0n) is 12.9. The van der Waals surface area contributed by atoms with Crippen LogP contribution in [0.1, 0.15) is 40.9 Å². The van der Waals surface area contributed by atoms with E-state index in [9.17, 15) is 9.90 Å². The van der Waals surface area contributed by atoms with Gasteiger partial charge >= 0.3 is 5.97 Å². The van der Waals surface area contributed by atoms with Crippen LogP contribution in [0.3, 0.4) is 0 Å². The summed E-state index contributed by atoms with van der Waals surface area (Å²) < 4.78 is 10.00. The molecule has 0 bridgehead atoms. The zero-order chi connectivity index (χ0) is 15.8. The van der Waals surface area contributed by atoms with Crippen molar-refractivity contribution in [3.63, 3.8) is 0 Å². The van der Waals surface area contributed by atoms with Gasteiger partial charge in [-0.05, 0) is 42.0 Å². The van der Waals surface area contributed by atoms with E-state index >= 15 is 0 Å². The molecular weight excluding hydrogens is 292 g/mol. The third-order valence-corrected chi connectivity index (χ3v) is 3.61. The highest BCUT2D eigenvalue weighted by molar-refractivity contribution is 6.18. The fourth-order valence-corrected chi connectivity index (χ4v) is 2.64. The average Bonchev–Trinajstić information content (AvgIpc) is 2.48. The van der Waals surface area contributed by atoms with Crippen LogP contribution in [0.5, 0.6) is 5.75 Å². The molecule has 118 valence electrons. The van der Waals surface area contributed by atoms with Crippen molar-refractivity contribution >= 4 is 17.6 Å². The Morgan fingerprint density at radius 3 is 2.48 bits per heavy atom. The molecule has 4 nitrogen and oxygen atoms in total. The molecule has 0 aliphatic heterocycles. The van der Waals surface area contributed by atoms with Crippen LogP contribution >= 0.6 is 11.6 Å². The van der Waals surface area contributed by atoms with Crippen molar-refractivity contribution in [3.05, 3.63) is 28.3 Å². The molecule has 0 aliphatic rings. The van der Waals surface area contributed by atoms with E-state index in [0.29, 0.717) is 25.3 Å². The van der Waals surface area contributed by atoms with E-state index in [4.69, 9.17) is 21.1 Å². The van der Waals surface area contributed by atoms with Gasteiger partial charge in [0.2, 0.25) is 0 Å². The zero-order valence-corrected chi connectivity index (χ0v) is 13.6. The van der Waals surface area contributed by atoms with Gasteiger partial charge in [-0.1, -0.05) is 13.8 Å². The van der Waals surface area contributed by atoms with Crippen LogP contribution < -0.4 is 0 Å². The van der Waals surface area contributed by atoms with E-state index in [-0.39, 0.29) is 17.9 Å². The Balaban J connectivity index is 3.23. The lowest BCUT2D eigenvalue weighted by molar-refractivity contribution is 0.0383. The number of ether oxygens (including phenoxy) is 2. The van der Waals surface area contributed by atoms with Crippen LogP contribution in [-0.2, 0) is 28.7 Å². The number of rotatable bonds is 8. The molecule has 5 heteroatoms. The first-order chi connectivity index (χ1) is 10.1. The normalized spacial score (nSPS) is 10.7. The van der Waals surface area contributed by atoms with E-state index in [1.807, 2.05) is 13.8 Å². The lowest BCUT2D eigenvalue weighted by Gasteiger charge is -2.18. The van der Waals surface area contributed by atoms with Crippen LogP contribution in [0.15, 0.2) is 6.07 Å². The minimum atomic E-state index is -0.514. The van der Waals surface area contributed by atoms with Crippen molar-refractivity contribution in [3.8, 4) is 5.75 Å². The second kappa shape index (κ2) is 8.90. The number of carbonyl (C=O) groups excluding carboxylic acids is 1. The number of aryl methyl sites for hydroxylation is 1. The summed E-state index contributed by atoms with van der Waals surface area (Å²) in [7, 11) is 1.54. The molecular formula is C16H23ClO4. The maximum absolute atomic E-state index is 12.2. The molecule has 1 aromatic carbocycles. The van der Waals surface area contributed by atoms with E-state index in [2.05, 4.69) is 0 Å². The molecule has 0 amide bonds. The first-order valence-corrected chi connectivity index (χ1v) is 7.72. The maximum Gasteiger partial charge on any atom is 0.342 e. The summed E-state index contributed by atoms with van der Waals surface area (Å²) in [5.74, 6) is -0.0625. The summed E-state index contributed by atoms with van der Waals surface area (Å²) in [6.45, 7) is 4.47. The predicted octanol–water partition coefficient (Wildman–Crippen LogP) is 3.10. The van der Waals surface area contributed by atoms with Crippen LogP contribution in [0, 0.1) is 0 Å². The van der Waals surface area contributed by atoms with Gasteiger partial charge in [-0.3, -0.25) is 0 Å². The molecule has 0 saturated carbocycles. The molecule has 0 aromatic heterocycles. The molecule has 0 saturated heterocycles. The number of esters is 1.